The molecule has 3 heteroatoms. The van der Waals surface area contributed by atoms with Crippen LogP contribution in [0.25, 0.3) is 0 Å². The van der Waals surface area contributed by atoms with Crippen LogP contribution in [0.4, 0.5) is 0 Å². The molecule has 1 nitrogen and oxygen atoms in total. The van der Waals surface area contributed by atoms with Gasteiger partial charge in [-0.25, -0.2) is 0 Å². The number of thioether (sulfide) groups is 1. The van der Waals surface area contributed by atoms with Crippen LogP contribution in [-0.2, 0) is 0 Å². The fourth-order valence-corrected chi connectivity index (χ4v) is 4.40. The zero-order valence-corrected chi connectivity index (χ0v) is 11.1. The van der Waals surface area contributed by atoms with E-state index in [9.17, 15) is 0 Å². The Bertz CT molecular complexity index is 302. The topological polar surface area (TPSA) is 12.0 Å². The van der Waals surface area contributed by atoms with Crippen LogP contribution in [0, 0.1) is 6.92 Å². The molecule has 15 heavy (non-hydrogen) atoms. The highest BCUT2D eigenvalue weighted by molar-refractivity contribution is 8.00. The molecule has 1 N–H and O–H groups in total. The van der Waals surface area contributed by atoms with E-state index < -0.39 is 0 Å². The lowest BCUT2D eigenvalue weighted by atomic mass is 10.0. The minimum Gasteiger partial charge on any atom is -0.309 e. The van der Waals surface area contributed by atoms with Crippen molar-refractivity contribution in [3.8, 4) is 0 Å². The lowest BCUT2D eigenvalue weighted by Gasteiger charge is -2.24. The van der Waals surface area contributed by atoms with Gasteiger partial charge >= 0.3 is 0 Å². The van der Waals surface area contributed by atoms with Crippen molar-refractivity contribution in [3.63, 3.8) is 0 Å². The van der Waals surface area contributed by atoms with Gasteiger partial charge in [-0.1, -0.05) is 6.92 Å². The van der Waals surface area contributed by atoms with E-state index in [2.05, 4.69) is 42.4 Å². The predicted octanol–water partition coefficient (Wildman–Crippen LogP) is 3.60. The van der Waals surface area contributed by atoms with Crippen LogP contribution in [0.2, 0.25) is 0 Å². The van der Waals surface area contributed by atoms with Crippen LogP contribution in [0.1, 0.15) is 36.2 Å². The Balaban J connectivity index is 2.15. The van der Waals surface area contributed by atoms with Crippen molar-refractivity contribution in [1.82, 2.24) is 5.32 Å². The highest BCUT2D eigenvalue weighted by Gasteiger charge is 2.27. The zero-order valence-electron chi connectivity index (χ0n) is 9.45. The molecule has 2 unspecified atom stereocenters. The highest BCUT2D eigenvalue weighted by Crippen LogP contribution is 2.37. The Morgan fingerprint density at radius 1 is 1.60 bits per heavy atom. The summed E-state index contributed by atoms with van der Waals surface area (Å²) in [4.78, 5) is 1.48. The minimum absolute atomic E-state index is 0.578. The molecule has 2 heterocycles. The van der Waals surface area contributed by atoms with Crippen molar-refractivity contribution in [1.29, 1.82) is 0 Å². The standard InChI is InChI=1S/C12H19NS2/c1-3-13-12(11-5-4-7-15-11)10-6-8-14-9(10)2/h6,8,11-13H,3-5,7H2,1-2H3. The molecule has 0 spiro atoms. The number of hydrogen-bond donors (Lipinski definition) is 1. The van der Waals surface area contributed by atoms with Gasteiger partial charge in [0.05, 0.1) is 0 Å². The van der Waals surface area contributed by atoms with Gasteiger partial charge in [0.25, 0.3) is 0 Å². The van der Waals surface area contributed by atoms with E-state index in [-0.39, 0.29) is 0 Å². The molecule has 1 aromatic rings. The minimum atomic E-state index is 0.578. The molecule has 1 aliphatic rings. The van der Waals surface area contributed by atoms with Gasteiger partial charge in [-0.05, 0) is 49.1 Å². The lowest BCUT2D eigenvalue weighted by Crippen LogP contribution is -2.28. The van der Waals surface area contributed by atoms with Gasteiger partial charge in [0, 0.05) is 16.2 Å². The van der Waals surface area contributed by atoms with E-state index in [1.807, 2.05) is 11.3 Å². The summed E-state index contributed by atoms with van der Waals surface area (Å²) in [6.07, 6.45) is 2.76. The molecule has 0 aliphatic carbocycles. The second-order valence-electron chi connectivity index (χ2n) is 4.02. The summed E-state index contributed by atoms with van der Waals surface area (Å²) >= 11 is 4.01. The molecule has 0 bridgehead atoms. The lowest BCUT2D eigenvalue weighted by molar-refractivity contribution is 0.519. The summed E-state index contributed by atoms with van der Waals surface area (Å²) in [5, 5.41) is 6.66. The normalized spacial score (nSPS) is 23.2. The van der Waals surface area contributed by atoms with Crippen molar-refractivity contribution in [2.45, 2.75) is 38.0 Å². The Labute approximate surface area is 101 Å². The van der Waals surface area contributed by atoms with E-state index in [1.165, 1.54) is 29.0 Å². The molecule has 1 fully saturated rings. The van der Waals surface area contributed by atoms with Crippen molar-refractivity contribution >= 4 is 23.1 Å². The molecule has 2 rings (SSSR count). The molecular weight excluding hydrogens is 222 g/mol. The third kappa shape index (κ3) is 2.58. The van der Waals surface area contributed by atoms with Crippen LogP contribution in [0.5, 0.6) is 0 Å². The number of aryl methyl sites for hydroxylation is 1. The number of nitrogens with one attached hydrogen (secondary N) is 1. The van der Waals surface area contributed by atoms with Gasteiger partial charge in [0.1, 0.15) is 0 Å². The van der Waals surface area contributed by atoms with Gasteiger partial charge in [0.2, 0.25) is 0 Å². The smallest absolute Gasteiger partial charge is 0.0451 e. The predicted molar refractivity (Wildman–Crippen MR) is 71.0 cm³/mol. The summed E-state index contributed by atoms with van der Waals surface area (Å²) in [5.41, 5.74) is 1.53. The Kier molecular flexibility index (Phi) is 4.12. The van der Waals surface area contributed by atoms with Gasteiger partial charge in [-0.3, -0.25) is 0 Å². The van der Waals surface area contributed by atoms with E-state index in [4.69, 9.17) is 0 Å². The second-order valence-corrected chi connectivity index (χ2v) is 6.49. The van der Waals surface area contributed by atoms with Gasteiger partial charge in [-0.15, -0.1) is 11.3 Å². The maximum absolute atomic E-state index is 3.65. The molecule has 1 aliphatic heterocycles. The average molecular weight is 241 g/mol. The monoisotopic (exact) mass is 241 g/mol. The molecule has 2 atom stereocenters. The Morgan fingerprint density at radius 3 is 3.00 bits per heavy atom. The first-order valence-corrected chi connectivity index (χ1v) is 7.64. The third-order valence-corrected chi connectivity index (χ3v) is 5.32. The van der Waals surface area contributed by atoms with E-state index >= 15 is 0 Å². The van der Waals surface area contributed by atoms with Gasteiger partial charge in [0.15, 0.2) is 0 Å². The first-order valence-electron chi connectivity index (χ1n) is 5.72. The summed E-state index contributed by atoms with van der Waals surface area (Å²) < 4.78 is 0. The molecule has 84 valence electrons. The fourth-order valence-electron chi connectivity index (χ4n) is 2.24. The number of hydrogen-bond acceptors (Lipinski definition) is 3. The van der Waals surface area contributed by atoms with Crippen LogP contribution in [0.15, 0.2) is 11.4 Å². The van der Waals surface area contributed by atoms with Crippen molar-refractivity contribution < 1.29 is 0 Å². The SMILES string of the molecule is CCNC(c1ccsc1C)C1CCCS1. The fraction of sp³-hybridized carbons (Fsp3) is 0.667. The van der Waals surface area contributed by atoms with E-state index in [0.717, 1.165) is 11.8 Å². The maximum atomic E-state index is 3.65. The molecule has 0 radical (unpaired) electrons. The first kappa shape index (κ1) is 11.5. The largest absolute Gasteiger partial charge is 0.309 e. The molecule has 1 saturated heterocycles. The molecule has 0 aromatic carbocycles. The number of rotatable bonds is 4. The summed E-state index contributed by atoms with van der Waals surface area (Å²) in [6.45, 7) is 5.51. The zero-order chi connectivity index (χ0) is 10.7. The van der Waals surface area contributed by atoms with Crippen molar-refractivity contribution in [3.05, 3.63) is 21.9 Å². The van der Waals surface area contributed by atoms with E-state index in [0.29, 0.717) is 6.04 Å². The molecular formula is C12H19NS2. The molecule has 0 amide bonds. The molecule has 1 aromatic heterocycles. The summed E-state index contributed by atoms with van der Waals surface area (Å²) in [7, 11) is 0. The van der Waals surface area contributed by atoms with Gasteiger partial charge in [-0.2, -0.15) is 11.8 Å². The van der Waals surface area contributed by atoms with Crippen LogP contribution in [-0.4, -0.2) is 17.5 Å². The Hall–Kier alpha value is 0.01000. The maximum Gasteiger partial charge on any atom is 0.0451 e. The van der Waals surface area contributed by atoms with Gasteiger partial charge < -0.3 is 5.32 Å². The quantitative estimate of drug-likeness (QED) is 0.864. The second kappa shape index (κ2) is 5.37. The summed E-state index contributed by atoms with van der Waals surface area (Å²) in [6, 6.07) is 2.88. The van der Waals surface area contributed by atoms with Crippen LogP contribution >= 0.6 is 23.1 Å². The average Bonchev–Trinajstić information content (AvgIpc) is 2.85. The van der Waals surface area contributed by atoms with Crippen LogP contribution < -0.4 is 5.32 Å². The molecule has 0 saturated carbocycles. The first-order chi connectivity index (χ1) is 7.33. The van der Waals surface area contributed by atoms with E-state index in [1.54, 1.807) is 0 Å². The number of thiophene rings is 1. The van der Waals surface area contributed by atoms with Crippen LogP contribution in [0.3, 0.4) is 0 Å². The third-order valence-electron chi connectivity index (χ3n) is 2.99. The Morgan fingerprint density at radius 2 is 2.47 bits per heavy atom. The van der Waals surface area contributed by atoms with Crippen molar-refractivity contribution in [2.24, 2.45) is 0 Å². The summed E-state index contributed by atoms with van der Waals surface area (Å²) in [5.74, 6) is 1.34. The van der Waals surface area contributed by atoms with Crippen molar-refractivity contribution in [2.75, 3.05) is 12.3 Å². The highest BCUT2D eigenvalue weighted by atomic mass is 32.2.